The normalized spacial score (nSPS) is 16.5. The molecule has 1 saturated heterocycles. The van der Waals surface area contributed by atoms with Crippen LogP contribution in [-0.4, -0.2) is 60.3 Å². The first kappa shape index (κ1) is 19.1. The van der Waals surface area contributed by atoms with Gasteiger partial charge < -0.3 is 4.74 Å². The van der Waals surface area contributed by atoms with Crippen molar-refractivity contribution in [2.75, 3.05) is 33.3 Å². The molecule has 0 N–H and O–H groups in total. The van der Waals surface area contributed by atoms with E-state index >= 15 is 0 Å². The monoisotopic (exact) mass is 420 g/mol. The Balaban J connectivity index is 1.42. The molecule has 3 heterocycles. The molecule has 1 aliphatic heterocycles. The van der Waals surface area contributed by atoms with Gasteiger partial charge in [-0.1, -0.05) is 0 Å². The number of piperazine rings is 1. The fourth-order valence-electron chi connectivity index (χ4n) is 3.22. The Kier molecular flexibility index (Phi) is 5.19. The van der Waals surface area contributed by atoms with Gasteiger partial charge in [0.05, 0.1) is 17.7 Å². The Hall–Kier alpha value is -2.27. The van der Waals surface area contributed by atoms with Gasteiger partial charge in [0.15, 0.2) is 4.96 Å². The van der Waals surface area contributed by atoms with Gasteiger partial charge in [-0.05, 0) is 24.3 Å². The molecule has 10 heteroatoms. The maximum absolute atomic E-state index is 12.8. The van der Waals surface area contributed by atoms with Crippen molar-refractivity contribution in [2.45, 2.75) is 11.4 Å². The molecular weight excluding hydrogens is 400 g/mol. The number of sulfonamides is 1. The van der Waals surface area contributed by atoms with Gasteiger partial charge in [-0.15, -0.1) is 11.3 Å². The molecule has 1 fully saturated rings. The molecule has 0 bridgehead atoms. The number of aromatic nitrogens is 2. The summed E-state index contributed by atoms with van der Waals surface area (Å²) >= 11 is 1.42. The first-order valence-corrected chi connectivity index (χ1v) is 11.1. The standard InChI is InChI=1S/C18H20N4O4S2/c1-26-15-2-4-16(5-3-15)28(24,25)21-8-6-20(7-9-21)13-14-12-17(23)22-10-11-27-18(22)19-14/h2-5,10-12H,6-9,13H2,1H3. The van der Waals surface area contributed by atoms with Gasteiger partial charge in [-0.2, -0.15) is 4.31 Å². The smallest absolute Gasteiger partial charge is 0.258 e. The highest BCUT2D eigenvalue weighted by molar-refractivity contribution is 7.89. The van der Waals surface area contributed by atoms with Crippen LogP contribution in [0, 0.1) is 0 Å². The minimum atomic E-state index is -3.53. The Morgan fingerprint density at radius 3 is 2.54 bits per heavy atom. The van der Waals surface area contributed by atoms with E-state index in [-0.39, 0.29) is 10.5 Å². The molecular formula is C18H20N4O4S2. The van der Waals surface area contributed by atoms with Gasteiger partial charge in [0, 0.05) is 50.4 Å². The molecule has 148 valence electrons. The summed E-state index contributed by atoms with van der Waals surface area (Å²) in [5.41, 5.74) is 0.612. The molecule has 1 aromatic carbocycles. The fraction of sp³-hybridized carbons (Fsp3) is 0.333. The largest absolute Gasteiger partial charge is 0.497 e. The van der Waals surface area contributed by atoms with E-state index in [1.165, 1.54) is 20.0 Å². The summed E-state index contributed by atoms with van der Waals surface area (Å²) < 4.78 is 33.8. The van der Waals surface area contributed by atoms with Crippen LogP contribution in [0.4, 0.5) is 0 Å². The zero-order valence-corrected chi connectivity index (χ0v) is 16.9. The third kappa shape index (κ3) is 3.68. The van der Waals surface area contributed by atoms with Gasteiger partial charge in [0.1, 0.15) is 5.75 Å². The van der Waals surface area contributed by atoms with E-state index in [2.05, 4.69) is 9.88 Å². The van der Waals surface area contributed by atoms with Crippen LogP contribution in [-0.2, 0) is 16.6 Å². The number of fused-ring (bicyclic) bond motifs is 1. The van der Waals surface area contributed by atoms with E-state index in [0.29, 0.717) is 49.1 Å². The van der Waals surface area contributed by atoms with Crippen LogP contribution in [0.1, 0.15) is 5.69 Å². The third-order valence-corrected chi connectivity index (χ3v) is 7.44. The number of nitrogens with zero attached hydrogens (tertiary/aromatic N) is 4. The summed E-state index contributed by atoms with van der Waals surface area (Å²) in [4.78, 5) is 19.7. The Morgan fingerprint density at radius 2 is 1.86 bits per heavy atom. The number of hydrogen-bond donors (Lipinski definition) is 0. The van der Waals surface area contributed by atoms with Crippen LogP contribution in [0.3, 0.4) is 0 Å². The molecule has 3 aromatic rings. The number of methoxy groups -OCH3 is 1. The highest BCUT2D eigenvalue weighted by atomic mass is 32.2. The first-order chi connectivity index (χ1) is 13.5. The second kappa shape index (κ2) is 7.63. The summed E-state index contributed by atoms with van der Waals surface area (Å²) in [6, 6.07) is 7.96. The van der Waals surface area contributed by atoms with Crippen LogP contribution in [0.5, 0.6) is 5.75 Å². The molecule has 4 rings (SSSR count). The van der Waals surface area contributed by atoms with Crippen LogP contribution >= 0.6 is 11.3 Å². The van der Waals surface area contributed by atoms with E-state index in [9.17, 15) is 13.2 Å². The molecule has 28 heavy (non-hydrogen) atoms. The van der Waals surface area contributed by atoms with Crippen LogP contribution in [0.25, 0.3) is 4.96 Å². The van der Waals surface area contributed by atoms with Crippen LogP contribution < -0.4 is 10.3 Å². The van der Waals surface area contributed by atoms with E-state index in [1.807, 2.05) is 5.38 Å². The van der Waals surface area contributed by atoms with Gasteiger partial charge in [0.25, 0.3) is 5.56 Å². The molecule has 0 saturated carbocycles. The highest BCUT2D eigenvalue weighted by Crippen LogP contribution is 2.21. The molecule has 0 amide bonds. The maximum atomic E-state index is 12.8. The minimum absolute atomic E-state index is 0.0954. The van der Waals surface area contributed by atoms with Gasteiger partial charge in [0.2, 0.25) is 10.0 Å². The topological polar surface area (TPSA) is 84.2 Å². The van der Waals surface area contributed by atoms with Crippen molar-refractivity contribution in [3.63, 3.8) is 0 Å². The zero-order chi connectivity index (χ0) is 19.7. The summed E-state index contributed by atoms with van der Waals surface area (Å²) in [5.74, 6) is 0.620. The lowest BCUT2D eigenvalue weighted by atomic mass is 10.3. The van der Waals surface area contributed by atoms with Crippen LogP contribution in [0.15, 0.2) is 51.6 Å². The van der Waals surface area contributed by atoms with Crippen molar-refractivity contribution in [2.24, 2.45) is 0 Å². The van der Waals surface area contributed by atoms with Crippen LogP contribution in [0.2, 0.25) is 0 Å². The van der Waals surface area contributed by atoms with E-state index in [1.54, 1.807) is 43.6 Å². The summed E-state index contributed by atoms with van der Waals surface area (Å²) in [6.45, 7) is 2.49. The fourth-order valence-corrected chi connectivity index (χ4v) is 5.38. The Morgan fingerprint density at radius 1 is 1.14 bits per heavy atom. The maximum Gasteiger partial charge on any atom is 0.258 e. The van der Waals surface area contributed by atoms with E-state index in [4.69, 9.17) is 4.74 Å². The van der Waals surface area contributed by atoms with E-state index in [0.717, 1.165) is 0 Å². The Labute approximate surface area is 166 Å². The number of hydrogen-bond acceptors (Lipinski definition) is 7. The zero-order valence-electron chi connectivity index (χ0n) is 15.3. The Bertz CT molecular complexity index is 1130. The average molecular weight is 421 g/mol. The minimum Gasteiger partial charge on any atom is -0.497 e. The lowest BCUT2D eigenvalue weighted by Gasteiger charge is -2.33. The molecule has 0 atom stereocenters. The van der Waals surface area contributed by atoms with Gasteiger partial charge >= 0.3 is 0 Å². The quantitative estimate of drug-likeness (QED) is 0.618. The molecule has 8 nitrogen and oxygen atoms in total. The number of rotatable bonds is 5. The molecule has 0 spiro atoms. The number of ether oxygens (including phenoxy) is 1. The predicted octanol–water partition coefficient (Wildman–Crippen LogP) is 1.27. The highest BCUT2D eigenvalue weighted by Gasteiger charge is 2.28. The third-order valence-electron chi connectivity index (χ3n) is 4.77. The van der Waals surface area contributed by atoms with Crippen molar-refractivity contribution < 1.29 is 13.2 Å². The van der Waals surface area contributed by atoms with Crippen molar-refractivity contribution >= 4 is 26.3 Å². The van der Waals surface area contributed by atoms with Crippen molar-refractivity contribution in [3.8, 4) is 5.75 Å². The molecule has 0 unspecified atom stereocenters. The molecule has 0 radical (unpaired) electrons. The van der Waals surface area contributed by atoms with E-state index < -0.39 is 10.0 Å². The second-order valence-electron chi connectivity index (χ2n) is 6.50. The average Bonchev–Trinajstić information content (AvgIpc) is 3.18. The van der Waals surface area contributed by atoms with Crippen molar-refractivity contribution in [3.05, 3.63) is 58.0 Å². The van der Waals surface area contributed by atoms with Crippen molar-refractivity contribution in [1.82, 2.24) is 18.6 Å². The summed E-state index contributed by atoms with van der Waals surface area (Å²) in [7, 11) is -1.98. The summed E-state index contributed by atoms with van der Waals surface area (Å²) in [5, 5.41) is 1.83. The molecule has 0 aliphatic carbocycles. The first-order valence-electron chi connectivity index (χ1n) is 8.80. The second-order valence-corrected chi connectivity index (χ2v) is 9.31. The summed E-state index contributed by atoms with van der Waals surface area (Å²) in [6.07, 6.45) is 1.71. The predicted molar refractivity (Wildman–Crippen MR) is 106 cm³/mol. The van der Waals surface area contributed by atoms with Gasteiger partial charge in [-0.25, -0.2) is 13.4 Å². The SMILES string of the molecule is COc1ccc(S(=O)(=O)N2CCN(Cc3cc(=O)n4ccsc4n3)CC2)cc1. The molecule has 1 aliphatic rings. The lowest BCUT2D eigenvalue weighted by Crippen LogP contribution is -2.48. The lowest BCUT2D eigenvalue weighted by molar-refractivity contribution is 0.180. The number of thiazole rings is 1. The van der Waals surface area contributed by atoms with Crippen molar-refractivity contribution in [1.29, 1.82) is 0 Å². The number of benzene rings is 1. The van der Waals surface area contributed by atoms with Gasteiger partial charge in [-0.3, -0.25) is 14.1 Å². The molecule has 2 aromatic heterocycles.